The summed E-state index contributed by atoms with van der Waals surface area (Å²) in [6, 6.07) is 5.72. The highest BCUT2D eigenvalue weighted by atomic mass is 19.1. The third-order valence-electron chi connectivity index (χ3n) is 5.15. The Morgan fingerprint density at radius 1 is 1.13 bits per heavy atom. The molecule has 0 radical (unpaired) electrons. The lowest BCUT2D eigenvalue weighted by molar-refractivity contribution is -0.0361. The van der Waals surface area contributed by atoms with Gasteiger partial charge in [0.05, 0.1) is 13.2 Å². The van der Waals surface area contributed by atoms with Gasteiger partial charge in [-0.25, -0.2) is 4.39 Å². The first-order valence-corrected chi connectivity index (χ1v) is 8.56. The summed E-state index contributed by atoms with van der Waals surface area (Å²) in [7, 11) is 0. The average Bonchev–Trinajstić information content (AvgIpc) is 2.62. The van der Waals surface area contributed by atoms with E-state index in [1.54, 1.807) is 0 Å². The number of hydrogen-bond acceptors (Lipinski definition) is 3. The van der Waals surface area contributed by atoms with Crippen molar-refractivity contribution in [3.05, 3.63) is 35.6 Å². The van der Waals surface area contributed by atoms with Crippen LogP contribution in [0.2, 0.25) is 0 Å². The molecule has 0 unspecified atom stereocenters. The summed E-state index contributed by atoms with van der Waals surface area (Å²) >= 11 is 0. The zero-order valence-electron chi connectivity index (χ0n) is 13.5. The van der Waals surface area contributed by atoms with E-state index in [2.05, 4.69) is 10.2 Å². The molecule has 1 heterocycles. The first kappa shape index (κ1) is 16.4. The molecule has 23 heavy (non-hydrogen) atoms. The van der Waals surface area contributed by atoms with Gasteiger partial charge in [0.25, 0.3) is 5.91 Å². The highest BCUT2D eigenvalue weighted by Crippen LogP contribution is 2.33. The Hall–Kier alpha value is -1.46. The van der Waals surface area contributed by atoms with Gasteiger partial charge in [-0.2, -0.15) is 0 Å². The van der Waals surface area contributed by atoms with E-state index in [0.717, 1.165) is 39.1 Å². The van der Waals surface area contributed by atoms with E-state index in [9.17, 15) is 9.18 Å². The minimum atomic E-state index is -0.321. The standard InChI is InChI=1S/C18H25FN2O2/c19-16-6-4-15(5-7-16)17(22)20-14-18(8-2-1-3-9-18)21-10-12-23-13-11-21/h4-7H,1-3,8-14H2,(H,20,22). The summed E-state index contributed by atoms with van der Waals surface area (Å²) < 4.78 is 18.5. The van der Waals surface area contributed by atoms with Crippen LogP contribution in [-0.2, 0) is 4.74 Å². The van der Waals surface area contributed by atoms with Crippen LogP contribution in [0.5, 0.6) is 0 Å². The van der Waals surface area contributed by atoms with Crippen LogP contribution in [0.15, 0.2) is 24.3 Å². The molecule has 1 N–H and O–H groups in total. The minimum absolute atomic E-state index is 0.0533. The highest BCUT2D eigenvalue weighted by Gasteiger charge is 2.38. The zero-order valence-corrected chi connectivity index (χ0v) is 13.5. The maximum Gasteiger partial charge on any atom is 0.251 e. The van der Waals surface area contributed by atoms with Gasteiger partial charge >= 0.3 is 0 Å². The summed E-state index contributed by atoms with van der Waals surface area (Å²) in [6.45, 7) is 4.07. The van der Waals surface area contributed by atoms with E-state index in [4.69, 9.17) is 4.74 Å². The van der Waals surface area contributed by atoms with Gasteiger partial charge in [0, 0.05) is 30.7 Å². The monoisotopic (exact) mass is 320 g/mol. The van der Waals surface area contributed by atoms with Crippen molar-refractivity contribution in [2.24, 2.45) is 0 Å². The Balaban J connectivity index is 1.66. The van der Waals surface area contributed by atoms with Crippen LogP contribution in [0.4, 0.5) is 4.39 Å². The van der Waals surface area contributed by atoms with Crippen LogP contribution in [-0.4, -0.2) is 49.2 Å². The number of carbonyl (C=O) groups excluding carboxylic acids is 1. The second-order valence-corrected chi connectivity index (χ2v) is 6.57. The van der Waals surface area contributed by atoms with E-state index >= 15 is 0 Å². The van der Waals surface area contributed by atoms with Gasteiger partial charge in [-0.05, 0) is 37.1 Å². The average molecular weight is 320 g/mol. The number of amides is 1. The Morgan fingerprint density at radius 3 is 2.43 bits per heavy atom. The number of halogens is 1. The van der Waals surface area contributed by atoms with Crippen molar-refractivity contribution < 1.29 is 13.9 Å². The molecule has 126 valence electrons. The summed E-state index contributed by atoms with van der Waals surface area (Å²) in [5, 5.41) is 3.08. The molecule has 1 aliphatic carbocycles. The fraction of sp³-hybridized carbons (Fsp3) is 0.611. The Kier molecular flexibility index (Phi) is 5.28. The number of morpholine rings is 1. The predicted octanol–water partition coefficient (Wildman–Crippen LogP) is 2.59. The largest absolute Gasteiger partial charge is 0.379 e. The van der Waals surface area contributed by atoms with Gasteiger partial charge in [0.1, 0.15) is 5.82 Å². The third kappa shape index (κ3) is 3.90. The molecule has 3 rings (SSSR count). The molecule has 1 aliphatic heterocycles. The predicted molar refractivity (Wildman–Crippen MR) is 86.9 cm³/mol. The van der Waals surface area contributed by atoms with Crippen LogP contribution in [0.3, 0.4) is 0 Å². The van der Waals surface area contributed by atoms with Gasteiger partial charge in [-0.3, -0.25) is 9.69 Å². The SMILES string of the molecule is O=C(NCC1(N2CCOCC2)CCCCC1)c1ccc(F)cc1. The number of ether oxygens (including phenoxy) is 1. The molecule has 4 nitrogen and oxygen atoms in total. The van der Waals surface area contributed by atoms with Gasteiger partial charge in [0.2, 0.25) is 0 Å². The minimum Gasteiger partial charge on any atom is -0.379 e. The summed E-state index contributed by atoms with van der Waals surface area (Å²) in [4.78, 5) is 14.8. The van der Waals surface area contributed by atoms with Crippen LogP contribution in [0, 0.1) is 5.82 Å². The first-order valence-electron chi connectivity index (χ1n) is 8.56. The maximum absolute atomic E-state index is 13.0. The maximum atomic E-state index is 13.0. The first-order chi connectivity index (χ1) is 11.2. The summed E-state index contributed by atoms with van der Waals surface area (Å²) in [5.41, 5.74) is 0.567. The zero-order chi connectivity index (χ0) is 16.1. The van der Waals surface area contributed by atoms with Crippen molar-refractivity contribution in [3.63, 3.8) is 0 Å². The molecular weight excluding hydrogens is 295 g/mol. The third-order valence-corrected chi connectivity index (χ3v) is 5.15. The number of rotatable bonds is 4. The summed E-state index contributed by atoms with van der Waals surface area (Å²) in [5.74, 6) is -0.443. The highest BCUT2D eigenvalue weighted by molar-refractivity contribution is 5.94. The van der Waals surface area contributed by atoms with Crippen molar-refractivity contribution in [3.8, 4) is 0 Å². The molecule has 0 spiro atoms. The number of carbonyl (C=O) groups is 1. The topological polar surface area (TPSA) is 41.6 Å². The van der Waals surface area contributed by atoms with Crippen LogP contribution in [0.1, 0.15) is 42.5 Å². The molecule has 2 aliphatic rings. The lowest BCUT2D eigenvalue weighted by Crippen LogP contribution is -2.59. The molecule has 0 atom stereocenters. The molecule has 1 amide bonds. The number of nitrogens with zero attached hydrogens (tertiary/aromatic N) is 1. The van der Waals surface area contributed by atoms with Gasteiger partial charge < -0.3 is 10.1 Å². The number of nitrogens with one attached hydrogen (secondary N) is 1. The number of benzene rings is 1. The lowest BCUT2D eigenvalue weighted by Gasteiger charge is -2.48. The van der Waals surface area contributed by atoms with Crippen molar-refractivity contribution in [1.29, 1.82) is 0 Å². The van der Waals surface area contributed by atoms with Gasteiger partial charge in [-0.15, -0.1) is 0 Å². The Bertz CT molecular complexity index is 520. The van der Waals surface area contributed by atoms with Crippen LogP contribution >= 0.6 is 0 Å². The second kappa shape index (κ2) is 7.41. The van der Waals surface area contributed by atoms with E-state index in [-0.39, 0.29) is 17.3 Å². The van der Waals surface area contributed by atoms with E-state index in [1.807, 2.05) is 0 Å². The van der Waals surface area contributed by atoms with Crippen LogP contribution < -0.4 is 5.32 Å². The fourth-order valence-corrected chi connectivity index (χ4v) is 3.80. The Morgan fingerprint density at radius 2 is 1.78 bits per heavy atom. The lowest BCUT2D eigenvalue weighted by atomic mass is 9.79. The fourth-order valence-electron chi connectivity index (χ4n) is 3.80. The summed E-state index contributed by atoms with van der Waals surface area (Å²) in [6.07, 6.45) is 5.94. The second-order valence-electron chi connectivity index (χ2n) is 6.57. The molecule has 1 aromatic rings. The van der Waals surface area contributed by atoms with Crippen LogP contribution in [0.25, 0.3) is 0 Å². The number of hydrogen-bond donors (Lipinski definition) is 1. The van der Waals surface area contributed by atoms with Crippen molar-refractivity contribution in [2.75, 3.05) is 32.8 Å². The smallest absolute Gasteiger partial charge is 0.251 e. The molecule has 1 saturated heterocycles. The Labute approximate surface area is 137 Å². The van der Waals surface area contributed by atoms with Crippen molar-refractivity contribution in [2.45, 2.75) is 37.6 Å². The molecule has 1 saturated carbocycles. The van der Waals surface area contributed by atoms with E-state index in [1.165, 1.54) is 43.5 Å². The molecule has 2 fully saturated rings. The van der Waals surface area contributed by atoms with Gasteiger partial charge in [-0.1, -0.05) is 19.3 Å². The molecular formula is C18H25FN2O2. The molecule has 1 aromatic carbocycles. The van der Waals surface area contributed by atoms with Crippen molar-refractivity contribution in [1.82, 2.24) is 10.2 Å². The van der Waals surface area contributed by atoms with Gasteiger partial charge in [0.15, 0.2) is 0 Å². The van der Waals surface area contributed by atoms with E-state index in [0.29, 0.717) is 12.1 Å². The van der Waals surface area contributed by atoms with Crippen molar-refractivity contribution >= 4 is 5.91 Å². The van der Waals surface area contributed by atoms with E-state index < -0.39 is 0 Å². The normalized spacial score (nSPS) is 21.8. The quantitative estimate of drug-likeness (QED) is 0.927. The molecule has 0 bridgehead atoms. The molecule has 0 aromatic heterocycles. The molecule has 5 heteroatoms.